The zero-order valence-corrected chi connectivity index (χ0v) is 18.5. The number of ether oxygens (including phenoxy) is 1. The summed E-state index contributed by atoms with van der Waals surface area (Å²) < 4.78 is 68.2. The molecule has 1 aromatic rings. The van der Waals surface area contributed by atoms with Crippen molar-refractivity contribution < 1.29 is 31.1 Å². The summed E-state index contributed by atoms with van der Waals surface area (Å²) >= 11 is 0. The monoisotopic (exact) mass is 463 g/mol. The molecule has 11 heteroatoms. The van der Waals surface area contributed by atoms with Crippen molar-refractivity contribution in [2.75, 3.05) is 40.3 Å². The van der Waals surface area contributed by atoms with Gasteiger partial charge in [0.05, 0.1) is 4.90 Å². The molecule has 2 aliphatic heterocycles. The number of benzene rings is 1. The molecule has 3 rings (SSSR count). The van der Waals surface area contributed by atoms with E-state index in [0.29, 0.717) is 32.0 Å². The molecule has 1 unspecified atom stereocenters. The van der Waals surface area contributed by atoms with E-state index in [1.807, 2.05) is 19.0 Å². The first kappa shape index (κ1) is 23.8. The van der Waals surface area contributed by atoms with Crippen molar-refractivity contribution in [1.82, 2.24) is 14.1 Å². The van der Waals surface area contributed by atoms with E-state index < -0.39 is 22.1 Å². The number of hydrogen-bond acceptors (Lipinski definition) is 5. The van der Waals surface area contributed by atoms with E-state index in [1.165, 1.54) is 16.4 Å². The summed E-state index contributed by atoms with van der Waals surface area (Å²) in [6.07, 6.45) is -2.14. The zero-order chi connectivity index (χ0) is 22.8. The molecule has 0 spiro atoms. The van der Waals surface area contributed by atoms with Gasteiger partial charge in [0.25, 0.3) is 0 Å². The van der Waals surface area contributed by atoms with Crippen molar-refractivity contribution in [2.45, 2.75) is 43.0 Å². The number of likely N-dealkylation sites (tertiary alicyclic amines) is 1. The molecule has 0 radical (unpaired) electrons. The summed E-state index contributed by atoms with van der Waals surface area (Å²) in [5.41, 5.74) is 0. The maximum Gasteiger partial charge on any atom is 0.573 e. The number of nitrogens with zero attached hydrogens (tertiary/aromatic N) is 3. The molecule has 0 N–H and O–H groups in total. The Balaban J connectivity index is 1.62. The van der Waals surface area contributed by atoms with E-state index in [2.05, 4.69) is 9.64 Å². The predicted octanol–water partition coefficient (Wildman–Crippen LogP) is 2.54. The smallest absolute Gasteiger partial charge is 0.406 e. The van der Waals surface area contributed by atoms with Gasteiger partial charge in [-0.1, -0.05) is 6.07 Å². The Labute approximate surface area is 180 Å². The molecule has 31 heavy (non-hydrogen) atoms. The first-order chi connectivity index (χ1) is 14.5. The van der Waals surface area contributed by atoms with Gasteiger partial charge >= 0.3 is 6.36 Å². The first-order valence-electron chi connectivity index (χ1n) is 10.3. The van der Waals surface area contributed by atoms with Crippen LogP contribution in [0.4, 0.5) is 13.2 Å². The van der Waals surface area contributed by atoms with Gasteiger partial charge in [0.2, 0.25) is 15.9 Å². The maximum atomic E-state index is 12.9. The number of hydrogen-bond donors (Lipinski definition) is 0. The number of rotatable bonds is 5. The van der Waals surface area contributed by atoms with Crippen LogP contribution in [0.1, 0.15) is 25.7 Å². The normalized spacial score (nSPS) is 22.0. The molecule has 1 aromatic carbocycles. The predicted molar refractivity (Wildman–Crippen MR) is 108 cm³/mol. The van der Waals surface area contributed by atoms with Crippen molar-refractivity contribution in [3.8, 4) is 5.75 Å². The van der Waals surface area contributed by atoms with Crippen LogP contribution in [-0.2, 0) is 14.8 Å². The van der Waals surface area contributed by atoms with Gasteiger partial charge in [0.1, 0.15) is 5.75 Å². The lowest BCUT2D eigenvalue weighted by Gasteiger charge is -2.39. The average molecular weight is 464 g/mol. The molecule has 0 aromatic heterocycles. The van der Waals surface area contributed by atoms with E-state index in [1.54, 1.807) is 0 Å². The van der Waals surface area contributed by atoms with E-state index in [0.717, 1.165) is 25.0 Å². The van der Waals surface area contributed by atoms with E-state index in [9.17, 15) is 26.4 Å². The van der Waals surface area contributed by atoms with Gasteiger partial charge in [0.15, 0.2) is 0 Å². The number of carbonyl (C=O) groups excluding carboxylic acids is 1. The molecule has 0 saturated carbocycles. The number of alkyl halides is 3. The quantitative estimate of drug-likeness (QED) is 0.671. The molecule has 2 saturated heterocycles. The van der Waals surface area contributed by atoms with E-state index in [4.69, 9.17) is 0 Å². The van der Waals surface area contributed by atoms with Crippen LogP contribution < -0.4 is 4.74 Å². The molecule has 1 atom stereocenters. The summed E-state index contributed by atoms with van der Waals surface area (Å²) in [4.78, 5) is 16.7. The van der Waals surface area contributed by atoms with Gasteiger partial charge in [-0.15, -0.1) is 13.2 Å². The highest BCUT2D eigenvalue weighted by atomic mass is 32.2. The minimum atomic E-state index is -4.90. The fourth-order valence-corrected chi connectivity index (χ4v) is 5.66. The number of halogens is 3. The zero-order valence-electron chi connectivity index (χ0n) is 17.6. The highest BCUT2D eigenvalue weighted by Gasteiger charge is 2.36. The number of likely N-dealkylation sites (N-methyl/N-ethyl adjacent to an activating group) is 1. The van der Waals surface area contributed by atoms with Crippen molar-refractivity contribution in [2.24, 2.45) is 5.92 Å². The molecule has 0 aliphatic carbocycles. The lowest BCUT2D eigenvalue weighted by molar-refractivity contribution is -0.274. The number of sulfonamides is 1. The number of amides is 1. The van der Waals surface area contributed by atoms with Gasteiger partial charge in [-0.05, 0) is 51.9 Å². The lowest BCUT2D eigenvalue weighted by Crippen LogP contribution is -2.51. The summed E-state index contributed by atoms with van der Waals surface area (Å²) in [5, 5.41) is 0. The van der Waals surface area contributed by atoms with Crippen molar-refractivity contribution in [3.05, 3.63) is 24.3 Å². The van der Waals surface area contributed by atoms with Gasteiger partial charge in [-0.25, -0.2) is 8.42 Å². The third-order valence-corrected chi connectivity index (χ3v) is 7.81. The Hall–Kier alpha value is -1.85. The molecule has 2 fully saturated rings. The Morgan fingerprint density at radius 1 is 1.13 bits per heavy atom. The highest BCUT2D eigenvalue weighted by Crippen LogP contribution is 2.29. The highest BCUT2D eigenvalue weighted by molar-refractivity contribution is 7.89. The summed E-state index contributed by atoms with van der Waals surface area (Å²) in [6, 6.07) is 4.70. The van der Waals surface area contributed by atoms with E-state index >= 15 is 0 Å². The largest absolute Gasteiger partial charge is 0.573 e. The summed E-state index contributed by atoms with van der Waals surface area (Å²) in [6.45, 7) is 1.69. The van der Waals surface area contributed by atoms with Crippen molar-refractivity contribution >= 4 is 15.9 Å². The molecular weight excluding hydrogens is 435 g/mol. The van der Waals surface area contributed by atoms with Crippen LogP contribution in [0.5, 0.6) is 5.75 Å². The Morgan fingerprint density at radius 2 is 1.81 bits per heavy atom. The Kier molecular flexibility index (Phi) is 7.17. The Morgan fingerprint density at radius 3 is 2.42 bits per heavy atom. The van der Waals surface area contributed by atoms with Crippen LogP contribution in [0.2, 0.25) is 0 Å². The van der Waals surface area contributed by atoms with Crippen LogP contribution in [-0.4, -0.2) is 81.1 Å². The minimum absolute atomic E-state index is 0.0594. The van der Waals surface area contributed by atoms with Gasteiger partial charge in [0, 0.05) is 44.2 Å². The molecule has 0 bridgehead atoms. The standard InChI is InChI=1S/C20H28F3N3O4S/c1-24(2)16-5-4-10-25(14-16)19(27)15-8-11-26(12-9-15)31(28,29)18-7-3-6-17(13-18)30-20(21,22)23/h3,6-7,13,15-16H,4-5,8-12,14H2,1-2H3. The third kappa shape index (κ3) is 5.89. The third-order valence-electron chi connectivity index (χ3n) is 5.92. The number of piperidine rings is 2. The molecule has 2 heterocycles. The lowest BCUT2D eigenvalue weighted by atomic mass is 9.94. The second-order valence-corrected chi connectivity index (χ2v) is 10.2. The van der Waals surface area contributed by atoms with Crippen LogP contribution in [0.3, 0.4) is 0 Å². The van der Waals surface area contributed by atoms with Crippen LogP contribution in [0, 0.1) is 5.92 Å². The van der Waals surface area contributed by atoms with Crippen LogP contribution in [0.15, 0.2) is 29.2 Å². The van der Waals surface area contributed by atoms with E-state index in [-0.39, 0.29) is 29.8 Å². The molecule has 174 valence electrons. The number of carbonyl (C=O) groups is 1. The van der Waals surface area contributed by atoms with Crippen LogP contribution >= 0.6 is 0 Å². The van der Waals surface area contributed by atoms with Gasteiger partial charge in [-0.2, -0.15) is 4.31 Å². The SMILES string of the molecule is CN(C)C1CCCN(C(=O)C2CCN(S(=O)(=O)c3cccc(OC(F)(F)F)c3)CC2)C1. The van der Waals surface area contributed by atoms with Crippen LogP contribution in [0.25, 0.3) is 0 Å². The van der Waals surface area contributed by atoms with Crippen molar-refractivity contribution in [1.29, 1.82) is 0 Å². The second kappa shape index (κ2) is 9.33. The van der Waals surface area contributed by atoms with Gasteiger partial charge < -0.3 is 14.5 Å². The van der Waals surface area contributed by atoms with Gasteiger partial charge in [-0.3, -0.25) is 4.79 Å². The molecule has 1 amide bonds. The topological polar surface area (TPSA) is 70.2 Å². The molecule has 7 nitrogen and oxygen atoms in total. The summed E-state index contributed by atoms with van der Waals surface area (Å²) in [5.74, 6) is -0.768. The minimum Gasteiger partial charge on any atom is -0.406 e. The fraction of sp³-hybridized carbons (Fsp3) is 0.650. The average Bonchev–Trinajstić information content (AvgIpc) is 2.72. The first-order valence-corrected chi connectivity index (χ1v) is 11.7. The fourth-order valence-electron chi connectivity index (χ4n) is 4.16. The molecule has 2 aliphatic rings. The van der Waals surface area contributed by atoms with Crippen molar-refractivity contribution in [3.63, 3.8) is 0 Å². The summed E-state index contributed by atoms with van der Waals surface area (Å²) in [7, 11) is 0.0138. The maximum absolute atomic E-state index is 12.9. The Bertz CT molecular complexity index is 884. The molecular formula is C20H28F3N3O4S. The second-order valence-electron chi connectivity index (χ2n) is 8.24.